The van der Waals surface area contributed by atoms with Crippen LogP contribution in [0.25, 0.3) is 0 Å². The second-order valence-electron chi connectivity index (χ2n) is 4.96. The first-order valence-electron chi connectivity index (χ1n) is 4.86. The Hall–Kier alpha value is -0.300. The van der Waals surface area contributed by atoms with Crippen LogP contribution in [0.2, 0.25) is 0 Å². The molecule has 0 aromatic rings. The van der Waals surface area contributed by atoms with Crippen molar-refractivity contribution in [3.8, 4) is 0 Å². The summed E-state index contributed by atoms with van der Waals surface area (Å²) in [7, 11) is 1.78. The summed E-state index contributed by atoms with van der Waals surface area (Å²) in [6, 6.07) is 0. The highest BCUT2D eigenvalue weighted by Crippen LogP contribution is 2.40. The van der Waals surface area contributed by atoms with Crippen LogP contribution in [0.3, 0.4) is 0 Å². The average Bonchev–Trinajstić information content (AvgIpc) is 2.02. The molecule has 0 aromatic heterocycles. The number of allylic oxidation sites excluding steroid dienone is 1. The van der Waals surface area contributed by atoms with E-state index in [-0.39, 0.29) is 11.0 Å². The topological polar surface area (TPSA) is 9.23 Å². The van der Waals surface area contributed by atoms with Gasteiger partial charge in [-0.15, -0.1) is 0 Å². The first kappa shape index (κ1) is 12.7. The summed E-state index contributed by atoms with van der Waals surface area (Å²) in [5.74, 6) is 0. The molecule has 0 heterocycles. The minimum Gasteiger partial charge on any atom is -0.378 e. The second-order valence-corrected chi connectivity index (χ2v) is 4.96. The first-order valence-corrected chi connectivity index (χ1v) is 4.86. The van der Waals surface area contributed by atoms with Crippen molar-refractivity contribution in [2.45, 2.75) is 54.1 Å². The van der Waals surface area contributed by atoms with Gasteiger partial charge in [0.25, 0.3) is 0 Å². The first-order chi connectivity index (χ1) is 5.66. The zero-order valence-corrected chi connectivity index (χ0v) is 10.4. The number of hydrogen-bond acceptors (Lipinski definition) is 1. The summed E-state index contributed by atoms with van der Waals surface area (Å²) in [6.07, 6.45) is 0. The molecule has 0 atom stereocenters. The van der Waals surface area contributed by atoms with E-state index < -0.39 is 0 Å². The van der Waals surface area contributed by atoms with E-state index in [2.05, 4.69) is 48.5 Å². The van der Waals surface area contributed by atoms with E-state index in [4.69, 9.17) is 4.74 Å². The van der Waals surface area contributed by atoms with E-state index >= 15 is 0 Å². The maximum Gasteiger partial charge on any atom is 0.0710 e. The molecule has 13 heavy (non-hydrogen) atoms. The van der Waals surface area contributed by atoms with Crippen LogP contribution >= 0.6 is 0 Å². The molecule has 0 fully saturated rings. The highest BCUT2D eigenvalue weighted by Gasteiger charge is 2.38. The van der Waals surface area contributed by atoms with Crippen LogP contribution in [0.15, 0.2) is 11.1 Å². The Morgan fingerprint density at radius 3 is 1.54 bits per heavy atom. The summed E-state index contributed by atoms with van der Waals surface area (Å²) < 4.78 is 5.54. The lowest BCUT2D eigenvalue weighted by atomic mass is 9.70. The zero-order valence-electron chi connectivity index (χ0n) is 10.4. The summed E-state index contributed by atoms with van der Waals surface area (Å²) in [5, 5.41) is 0. The SMILES string of the molecule is COC(C)(C)C(C)(C)C(C)=C(C)C. The van der Waals surface area contributed by atoms with Crippen molar-refractivity contribution >= 4 is 0 Å². The van der Waals surface area contributed by atoms with Crippen molar-refractivity contribution in [3.63, 3.8) is 0 Å². The van der Waals surface area contributed by atoms with E-state index in [9.17, 15) is 0 Å². The van der Waals surface area contributed by atoms with Gasteiger partial charge >= 0.3 is 0 Å². The molecule has 0 spiro atoms. The van der Waals surface area contributed by atoms with Crippen molar-refractivity contribution in [3.05, 3.63) is 11.1 Å². The molecule has 0 aromatic carbocycles. The molecule has 0 bridgehead atoms. The minimum absolute atomic E-state index is 0.0839. The van der Waals surface area contributed by atoms with Crippen LogP contribution < -0.4 is 0 Å². The Labute approximate surface area is 83.2 Å². The molecular weight excluding hydrogens is 160 g/mol. The van der Waals surface area contributed by atoms with Gasteiger partial charge in [-0.3, -0.25) is 0 Å². The molecule has 1 nitrogen and oxygen atoms in total. The van der Waals surface area contributed by atoms with Gasteiger partial charge in [0.15, 0.2) is 0 Å². The van der Waals surface area contributed by atoms with Crippen LogP contribution in [-0.2, 0) is 4.74 Å². The van der Waals surface area contributed by atoms with Crippen molar-refractivity contribution in [2.75, 3.05) is 7.11 Å². The summed E-state index contributed by atoms with van der Waals surface area (Å²) in [6.45, 7) is 15.2. The van der Waals surface area contributed by atoms with Crippen molar-refractivity contribution < 1.29 is 4.74 Å². The van der Waals surface area contributed by atoms with Crippen molar-refractivity contribution in [2.24, 2.45) is 5.41 Å². The molecule has 0 rings (SSSR count). The minimum atomic E-state index is -0.117. The number of methoxy groups -OCH3 is 1. The van der Waals surface area contributed by atoms with E-state index in [0.29, 0.717) is 0 Å². The van der Waals surface area contributed by atoms with Crippen LogP contribution in [0, 0.1) is 5.41 Å². The van der Waals surface area contributed by atoms with E-state index in [0.717, 1.165) is 0 Å². The largest absolute Gasteiger partial charge is 0.378 e. The standard InChI is InChI=1S/C12H24O/c1-9(2)10(3)11(4,5)12(6,7)13-8/h1-8H3. The van der Waals surface area contributed by atoms with Gasteiger partial charge in [-0.05, 0) is 34.6 Å². The Bertz CT molecular complexity index is 205. The second kappa shape index (κ2) is 3.83. The number of ether oxygens (including phenoxy) is 1. The Morgan fingerprint density at radius 2 is 1.31 bits per heavy atom. The predicted octanol–water partition coefficient (Wildman–Crippen LogP) is 3.79. The zero-order chi connectivity index (χ0) is 10.9. The van der Waals surface area contributed by atoms with Gasteiger partial charge in [-0.2, -0.15) is 0 Å². The Morgan fingerprint density at radius 1 is 0.923 bits per heavy atom. The van der Waals surface area contributed by atoms with E-state index in [1.54, 1.807) is 7.11 Å². The van der Waals surface area contributed by atoms with Gasteiger partial charge in [-0.1, -0.05) is 25.0 Å². The Balaban J connectivity index is 5.09. The summed E-state index contributed by atoms with van der Waals surface area (Å²) >= 11 is 0. The fraction of sp³-hybridized carbons (Fsp3) is 0.833. The molecule has 0 aliphatic rings. The molecule has 0 saturated heterocycles. The van der Waals surface area contributed by atoms with E-state index in [1.807, 2.05) is 0 Å². The molecular formula is C12H24O. The third-order valence-electron chi connectivity index (χ3n) is 3.70. The monoisotopic (exact) mass is 184 g/mol. The lowest BCUT2D eigenvalue weighted by molar-refractivity contribution is -0.0539. The fourth-order valence-corrected chi connectivity index (χ4v) is 1.33. The molecule has 0 aliphatic heterocycles. The normalized spacial score (nSPS) is 12.9. The van der Waals surface area contributed by atoms with Gasteiger partial charge in [0.05, 0.1) is 5.60 Å². The quantitative estimate of drug-likeness (QED) is 0.606. The molecule has 1 heteroatoms. The molecule has 0 saturated carbocycles. The van der Waals surface area contributed by atoms with Gasteiger partial charge in [-0.25, -0.2) is 0 Å². The maximum absolute atomic E-state index is 5.54. The third-order valence-corrected chi connectivity index (χ3v) is 3.70. The van der Waals surface area contributed by atoms with Crippen LogP contribution in [0.1, 0.15) is 48.5 Å². The lowest BCUT2D eigenvalue weighted by Gasteiger charge is -2.42. The number of rotatable bonds is 3. The average molecular weight is 184 g/mol. The highest BCUT2D eigenvalue weighted by atomic mass is 16.5. The van der Waals surface area contributed by atoms with Crippen LogP contribution in [0.5, 0.6) is 0 Å². The molecule has 0 N–H and O–H groups in total. The van der Waals surface area contributed by atoms with Gasteiger partial charge < -0.3 is 4.74 Å². The van der Waals surface area contributed by atoms with Gasteiger partial charge in [0.1, 0.15) is 0 Å². The molecule has 78 valence electrons. The van der Waals surface area contributed by atoms with Gasteiger partial charge in [0.2, 0.25) is 0 Å². The molecule has 0 radical (unpaired) electrons. The lowest BCUT2D eigenvalue weighted by Crippen LogP contribution is -2.41. The highest BCUT2D eigenvalue weighted by molar-refractivity contribution is 5.19. The molecule has 0 amide bonds. The van der Waals surface area contributed by atoms with Crippen LogP contribution in [-0.4, -0.2) is 12.7 Å². The molecule has 0 unspecified atom stereocenters. The summed E-state index contributed by atoms with van der Waals surface area (Å²) in [4.78, 5) is 0. The maximum atomic E-state index is 5.54. The molecule has 0 aliphatic carbocycles. The smallest absolute Gasteiger partial charge is 0.0710 e. The predicted molar refractivity (Wildman–Crippen MR) is 58.9 cm³/mol. The third kappa shape index (κ3) is 2.34. The fourth-order valence-electron chi connectivity index (χ4n) is 1.33. The Kier molecular flexibility index (Phi) is 3.74. The van der Waals surface area contributed by atoms with Crippen LogP contribution in [0.4, 0.5) is 0 Å². The van der Waals surface area contributed by atoms with E-state index in [1.165, 1.54) is 11.1 Å². The number of hydrogen-bond donors (Lipinski definition) is 0. The van der Waals surface area contributed by atoms with Crippen molar-refractivity contribution in [1.82, 2.24) is 0 Å². The summed E-state index contributed by atoms with van der Waals surface area (Å²) in [5.41, 5.74) is 2.77. The van der Waals surface area contributed by atoms with Gasteiger partial charge in [0, 0.05) is 12.5 Å². The van der Waals surface area contributed by atoms with Crippen molar-refractivity contribution in [1.29, 1.82) is 0 Å².